The van der Waals surface area contributed by atoms with Crippen LogP contribution in [0.3, 0.4) is 0 Å². The lowest BCUT2D eigenvalue weighted by Gasteiger charge is -2.05. The summed E-state index contributed by atoms with van der Waals surface area (Å²) in [6.07, 6.45) is 25.2. The van der Waals surface area contributed by atoms with Gasteiger partial charge in [-0.3, -0.25) is 0 Å². The van der Waals surface area contributed by atoms with Gasteiger partial charge in [-0.1, -0.05) is 110 Å². The summed E-state index contributed by atoms with van der Waals surface area (Å²) in [4.78, 5) is 0. The maximum absolute atomic E-state index is 5.57. The molecule has 0 fully saturated rings. The Morgan fingerprint density at radius 1 is 0.500 bits per heavy atom. The molecule has 0 heterocycles. The van der Waals surface area contributed by atoms with Crippen LogP contribution in [0, 0.1) is 0 Å². The molecule has 144 valence electrons. The quantitative estimate of drug-likeness (QED) is 0.260. The van der Waals surface area contributed by atoms with Crippen LogP contribution in [0.25, 0.3) is 0 Å². The zero-order valence-corrected chi connectivity index (χ0v) is 16.9. The SMILES string of the molecule is CCCCCCCCCCCCCCCCCCCC(C)=C(N)N. The van der Waals surface area contributed by atoms with Gasteiger partial charge in [0.25, 0.3) is 0 Å². The molecule has 0 aliphatic heterocycles. The highest BCUT2D eigenvalue weighted by Crippen LogP contribution is 2.15. The monoisotopic (exact) mass is 338 g/mol. The van der Waals surface area contributed by atoms with E-state index in [2.05, 4.69) is 6.92 Å². The van der Waals surface area contributed by atoms with Crippen LogP contribution in [0.15, 0.2) is 11.4 Å². The summed E-state index contributed by atoms with van der Waals surface area (Å²) in [6.45, 7) is 4.33. The summed E-state index contributed by atoms with van der Waals surface area (Å²) in [5, 5.41) is 0. The maximum atomic E-state index is 5.57. The zero-order valence-electron chi connectivity index (χ0n) is 16.9. The summed E-state index contributed by atoms with van der Waals surface area (Å²) in [6, 6.07) is 0. The molecule has 0 aromatic rings. The van der Waals surface area contributed by atoms with Gasteiger partial charge in [0.05, 0.1) is 5.82 Å². The fourth-order valence-electron chi connectivity index (χ4n) is 3.26. The first-order valence-corrected chi connectivity index (χ1v) is 10.9. The minimum Gasteiger partial charge on any atom is -0.386 e. The zero-order chi connectivity index (χ0) is 17.9. The number of nitrogens with two attached hydrogens (primary N) is 2. The van der Waals surface area contributed by atoms with Crippen molar-refractivity contribution in [1.29, 1.82) is 0 Å². The van der Waals surface area contributed by atoms with E-state index in [9.17, 15) is 0 Å². The summed E-state index contributed by atoms with van der Waals surface area (Å²) in [5.74, 6) is 0.520. The van der Waals surface area contributed by atoms with E-state index < -0.39 is 0 Å². The molecular formula is C22H46N2. The summed E-state index contributed by atoms with van der Waals surface area (Å²) in [5.41, 5.74) is 12.3. The highest BCUT2D eigenvalue weighted by molar-refractivity contribution is 5.03. The van der Waals surface area contributed by atoms with Crippen molar-refractivity contribution >= 4 is 0 Å². The van der Waals surface area contributed by atoms with E-state index in [4.69, 9.17) is 11.5 Å². The third-order valence-corrected chi connectivity index (χ3v) is 5.15. The van der Waals surface area contributed by atoms with Crippen LogP contribution in [0.5, 0.6) is 0 Å². The van der Waals surface area contributed by atoms with Gasteiger partial charge < -0.3 is 11.5 Å². The van der Waals surface area contributed by atoms with Crippen molar-refractivity contribution in [3.05, 3.63) is 11.4 Å². The van der Waals surface area contributed by atoms with Crippen molar-refractivity contribution in [2.75, 3.05) is 0 Å². The molecule has 2 nitrogen and oxygen atoms in total. The molecule has 0 atom stereocenters. The van der Waals surface area contributed by atoms with Gasteiger partial charge in [0.15, 0.2) is 0 Å². The van der Waals surface area contributed by atoms with E-state index in [-0.39, 0.29) is 0 Å². The van der Waals surface area contributed by atoms with Gasteiger partial charge in [-0.05, 0) is 25.3 Å². The van der Waals surface area contributed by atoms with Gasteiger partial charge >= 0.3 is 0 Å². The summed E-state index contributed by atoms with van der Waals surface area (Å²) in [7, 11) is 0. The fraction of sp³-hybridized carbons (Fsp3) is 0.909. The number of hydrogen-bond acceptors (Lipinski definition) is 2. The minimum absolute atomic E-state index is 0.520. The number of rotatable bonds is 18. The van der Waals surface area contributed by atoms with Crippen molar-refractivity contribution in [2.45, 2.75) is 129 Å². The summed E-state index contributed by atoms with van der Waals surface area (Å²) >= 11 is 0. The van der Waals surface area contributed by atoms with E-state index >= 15 is 0 Å². The van der Waals surface area contributed by atoms with Gasteiger partial charge in [-0.25, -0.2) is 0 Å². The number of allylic oxidation sites excluding steroid dienone is 1. The van der Waals surface area contributed by atoms with Gasteiger partial charge in [-0.2, -0.15) is 0 Å². The molecule has 2 heteroatoms. The molecule has 0 aliphatic carbocycles. The minimum atomic E-state index is 0.520. The smallest absolute Gasteiger partial charge is 0.0922 e. The Morgan fingerprint density at radius 3 is 1.08 bits per heavy atom. The van der Waals surface area contributed by atoms with E-state index in [1.54, 1.807) is 0 Å². The second-order valence-electron chi connectivity index (χ2n) is 7.64. The predicted molar refractivity (Wildman–Crippen MR) is 110 cm³/mol. The molecule has 0 saturated heterocycles. The molecule has 0 aromatic carbocycles. The first kappa shape index (κ1) is 23.3. The van der Waals surface area contributed by atoms with Crippen LogP contribution < -0.4 is 11.5 Å². The van der Waals surface area contributed by atoms with Crippen LogP contribution in [-0.2, 0) is 0 Å². The molecule has 0 rings (SSSR count). The van der Waals surface area contributed by atoms with E-state index in [0.29, 0.717) is 5.82 Å². The second-order valence-corrected chi connectivity index (χ2v) is 7.64. The van der Waals surface area contributed by atoms with Gasteiger partial charge in [0.2, 0.25) is 0 Å². The van der Waals surface area contributed by atoms with Crippen LogP contribution in [0.1, 0.15) is 129 Å². The highest BCUT2D eigenvalue weighted by Gasteiger charge is 1.96. The van der Waals surface area contributed by atoms with Gasteiger partial charge in [-0.15, -0.1) is 0 Å². The lowest BCUT2D eigenvalue weighted by atomic mass is 10.0. The van der Waals surface area contributed by atoms with Crippen molar-refractivity contribution in [3.63, 3.8) is 0 Å². The maximum Gasteiger partial charge on any atom is 0.0922 e. The second kappa shape index (κ2) is 18.7. The average Bonchev–Trinajstić information content (AvgIpc) is 2.57. The standard InChI is InChI=1S/C22H46N2/c1-3-4-5-6-7-8-9-10-11-12-13-14-15-16-17-18-19-20-21(2)22(23)24/h3-20,23-24H2,1-2H3. The normalized spacial score (nSPS) is 10.9. The van der Waals surface area contributed by atoms with Crippen molar-refractivity contribution in [2.24, 2.45) is 11.5 Å². The van der Waals surface area contributed by atoms with Gasteiger partial charge in [0, 0.05) is 0 Å². The number of unbranched alkanes of at least 4 members (excludes halogenated alkanes) is 16. The lowest BCUT2D eigenvalue weighted by Crippen LogP contribution is -2.10. The molecule has 0 unspecified atom stereocenters. The van der Waals surface area contributed by atoms with E-state index in [0.717, 1.165) is 12.0 Å². The Balaban J connectivity index is 3.07. The van der Waals surface area contributed by atoms with Crippen molar-refractivity contribution in [3.8, 4) is 0 Å². The van der Waals surface area contributed by atoms with Gasteiger partial charge in [0.1, 0.15) is 0 Å². The van der Waals surface area contributed by atoms with Crippen molar-refractivity contribution < 1.29 is 0 Å². The largest absolute Gasteiger partial charge is 0.386 e. The molecule has 0 saturated carbocycles. The Hall–Kier alpha value is -0.660. The third kappa shape index (κ3) is 17.7. The molecule has 0 aromatic heterocycles. The molecule has 0 spiro atoms. The fourth-order valence-corrected chi connectivity index (χ4v) is 3.26. The van der Waals surface area contributed by atoms with Crippen molar-refractivity contribution in [1.82, 2.24) is 0 Å². The molecule has 0 aliphatic rings. The Kier molecular flexibility index (Phi) is 18.2. The first-order chi connectivity index (χ1) is 11.7. The Bertz CT molecular complexity index is 280. The van der Waals surface area contributed by atoms with E-state index in [1.165, 1.54) is 109 Å². The lowest BCUT2D eigenvalue weighted by molar-refractivity contribution is 0.527. The number of hydrogen-bond donors (Lipinski definition) is 2. The van der Waals surface area contributed by atoms with Crippen LogP contribution in [0.2, 0.25) is 0 Å². The molecule has 0 bridgehead atoms. The molecular weight excluding hydrogens is 292 g/mol. The molecule has 4 N–H and O–H groups in total. The molecule has 24 heavy (non-hydrogen) atoms. The summed E-state index contributed by atoms with van der Waals surface area (Å²) < 4.78 is 0. The van der Waals surface area contributed by atoms with E-state index in [1.807, 2.05) is 6.92 Å². The predicted octanol–water partition coefficient (Wildman–Crippen LogP) is 7.18. The average molecular weight is 339 g/mol. The first-order valence-electron chi connectivity index (χ1n) is 10.9. The van der Waals surface area contributed by atoms with Crippen LogP contribution >= 0.6 is 0 Å². The Morgan fingerprint density at radius 2 is 0.792 bits per heavy atom. The topological polar surface area (TPSA) is 52.0 Å². The van der Waals surface area contributed by atoms with Crippen LogP contribution in [-0.4, -0.2) is 0 Å². The highest BCUT2D eigenvalue weighted by atomic mass is 14.8. The molecule has 0 radical (unpaired) electrons. The third-order valence-electron chi connectivity index (χ3n) is 5.15. The molecule has 0 amide bonds. The Labute approximate surface area is 152 Å². The van der Waals surface area contributed by atoms with Crippen LogP contribution in [0.4, 0.5) is 0 Å².